The Labute approximate surface area is 139 Å². The summed E-state index contributed by atoms with van der Waals surface area (Å²) in [6.45, 7) is 6.26. The predicted molar refractivity (Wildman–Crippen MR) is 89.0 cm³/mol. The molecular weight excluding hydrogens is 292 g/mol. The zero-order valence-corrected chi connectivity index (χ0v) is 14.6. The molecule has 0 unspecified atom stereocenters. The molecule has 4 aliphatic carbocycles. The highest BCUT2D eigenvalue weighted by atomic mass is 16.7. The van der Waals surface area contributed by atoms with Gasteiger partial charge in [0, 0.05) is 19.8 Å². The first-order valence-corrected chi connectivity index (χ1v) is 9.37. The monoisotopic (exact) mass is 324 g/mol. The lowest BCUT2D eigenvalue weighted by molar-refractivity contribution is -0.131. The van der Waals surface area contributed by atoms with Crippen LogP contribution in [-0.2, 0) is 9.47 Å². The van der Waals surface area contributed by atoms with Crippen molar-refractivity contribution in [3.8, 4) is 0 Å². The number of ether oxygens (including phenoxy) is 2. The first kappa shape index (κ1) is 17.0. The van der Waals surface area contributed by atoms with Crippen LogP contribution in [0.2, 0.25) is 0 Å². The van der Waals surface area contributed by atoms with Crippen LogP contribution in [0.3, 0.4) is 0 Å². The van der Waals surface area contributed by atoms with Gasteiger partial charge >= 0.3 is 6.03 Å². The van der Waals surface area contributed by atoms with Crippen molar-refractivity contribution in [3.05, 3.63) is 0 Å². The van der Waals surface area contributed by atoms with Crippen molar-refractivity contribution in [1.82, 2.24) is 10.6 Å². The van der Waals surface area contributed by atoms with Crippen LogP contribution in [0.5, 0.6) is 0 Å². The van der Waals surface area contributed by atoms with Gasteiger partial charge in [-0.2, -0.15) is 0 Å². The molecule has 4 bridgehead atoms. The molecule has 0 aromatic rings. The lowest BCUT2D eigenvalue weighted by Gasteiger charge is -2.56. The van der Waals surface area contributed by atoms with Gasteiger partial charge in [-0.05, 0) is 75.5 Å². The first-order chi connectivity index (χ1) is 11.1. The van der Waals surface area contributed by atoms with Crippen molar-refractivity contribution >= 4 is 6.03 Å². The molecule has 0 saturated heterocycles. The summed E-state index contributed by atoms with van der Waals surface area (Å²) in [6.07, 6.45) is 7.93. The van der Waals surface area contributed by atoms with E-state index >= 15 is 0 Å². The van der Waals surface area contributed by atoms with Crippen molar-refractivity contribution in [2.45, 2.75) is 58.7 Å². The zero-order chi connectivity index (χ0) is 16.3. The van der Waals surface area contributed by atoms with Gasteiger partial charge < -0.3 is 20.1 Å². The Morgan fingerprint density at radius 2 is 1.52 bits per heavy atom. The molecule has 0 spiro atoms. The summed E-state index contributed by atoms with van der Waals surface area (Å²) in [5.74, 6) is 2.77. The molecule has 4 fully saturated rings. The third-order valence-electron chi connectivity index (χ3n) is 5.92. The van der Waals surface area contributed by atoms with Crippen LogP contribution >= 0.6 is 0 Å². The number of hydrogen-bond acceptors (Lipinski definition) is 3. The summed E-state index contributed by atoms with van der Waals surface area (Å²) in [5, 5.41) is 6.00. The highest BCUT2D eigenvalue weighted by Crippen LogP contribution is 2.59. The maximum atomic E-state index is 12.1. The van der Waals surface area contributed by atoms with Gasteiger partial charge in [0.25, 0.3) is 0 Å². The molecule has 4 rings (SSSR count). The summed E-state index contributed by atoms with van der Waals surface area (Å²) in [5.41, 5.74) is 0.380. The molecule has 2 N–H and O–H groups in total. The fourth-order valence-electron chi connectivity index (χ4n) is 5.55. The molecule has 0 atom stereocenters. The topological polar surface area (TPSA) is 59.6 Å². The van der Waals surface area contributed by atoms with Gasteiger partial charge in [-0.1, -0.05) is 0 Å². The third kappa shape index (κ3) is 4.18. The SMILES string of the molecule is CCOC(CNC(=O)NCC12CC3CC(CC(C3)C1)C2)OCC. The van der Waals surface area contributed by atoms with Crippen LogP contribution in [-0.4, -0.2) is 38.6 Å². The van der Waals surface area contributed by atoms with E-state index in [0.717, 1.165) is 24.3 Å². The van der Waals surface area contributed by atoms with Gasteiger partial charge in [0.2, 0.25) is 0 Å². The van der Waals surface area contributed by atoms with Gasteiger partial charge in [0.05, 0.1) is 6.54 Å². The van der Waals surface area contributed by atoms with Crippen LogP contribution < -0.4 is 10.6 Å². The molecule has 0 heterocycles. The normalized spacial score (nSPS) is 34.8. The van der Waals surface area contributed by atoms with Crippen LogP contribution in [0.25, 0.3) is 0 Å². The molecular formula is C18H32N2O3. The minimum atomic E-state index is -0.352. The van der Waals surface area contributed by atoms with E-state index in [9.17, 15) is 4.79 Å². The Bertz CT molecular complexity index is 372. The van der Waals surface area contributed by atoms with E-state index in [-0.39, 0.29) is 12.3 Å². The molecule has 2 amide bonds. The number of carbonyl (C=O) groups is 1. The molecule has 4 aliphatic rings. The second-order valence-corrected chi connectivity index (χ2v) is 7.82. The molecule has 5 nitrogen and oxygen atoms in total. The molecule has 0 aromatic heterocycles. The van der Waals surface area contributed by atoms with Crippen molar-refractivity contribution in [2.24, 2.45) is 23.2 Å². The number of nitrogens with one attached hydrogen (secondary N) is 2. The van der Waals surface area contributed by atoms with Crippen molar-refractivity contribution in [2.75, 3.05) is 26.3 Å². The number of rotatable bonds is 8. The number of urea groups is 1. The van der Waals surface area contributed by atoms with Gasteiger partial charge in [-0.15, -0.1) is 0 Å². The van der Waals surface area contributed by atoms with E-state index in [1.54, 1.807) is 0 Å². The van der Waals surface area contributed by atoms with Gasteiger partial charge in [0.1, 0.15) is 0 Å². The van der Waals surface area contributed by atoms with E-state index in [1.807, 2.05) is 13.8 Å². The van der Waals surface area contributed by atoms with Crippen LogP contribution in [0.1, 0.15) is 52.4 Å². The maximum absolute atomic E-state index is 12.1. The van der Waals surface area contributed by atoms with Crippen LogP contribution in [0.4, 0.5) is 4.79 Å². The summed E-state index contributed by atoms with van der Waals surface area (Å²) in [7, 11) is 0. The number of hydrogen-bond donors (Lipinski definition) is 2. The Morgan fingerprint density at radius 3 is 2.00 bits per heavy atom. The quantitative estimate of drug-likeness (QED) is 0.675. The molecule has 132 valence electrons. The molecule has 4 saturated carbocycles. The van der Waals surface area contributed by atoms with Crippen molar-refractivity contribution in [1.29, 1.82) is 0 Å². The number of amides is 2. The predicted octanol–water partition coefficient (Wildman–Crippen LogP) is 2.90. The molecule has 0 aliphatic heterocycles. The van der Waals surface area contributed by atoms with E-state index in [2.05, 4.69) is 10.6 Å². The summed E-state index contributed by atoms with van der Waals surface area (Å²) in [6, 6.07) is -0.0925. The second-order valence-electron chi connectivity index (χ2n) is 7.82. The molecule has 23 heavy (non-hydrogen) atoms. The summed E-state index contributed by atoms with van der Waals surface area (Å²) < 4.78 is 10.9. The number of carbonyl (C=O) groups excluding carboxylic acids is 1. The molecule has 0 aromatic carbocycles. The lowest BCUT2D eigenvalue weighted by Crippen LogP contribution is -2.52. The largest absolute Gasteiger partial charge is 0.351 e. The van der Waals surface area contributed by atoms with E-state index < -0.39 is 0 Å². The summed E-state index contributed by atoms with van der Waals surface area (Å²) >= 11 is 0. The first-order valence-electron chi connectivity index (χ1n) is 9.37. The van der Waals surface area contributed by atoms with E-state index in [4.69, 9.17) is 9.47 Å². The standard InChI is InChI=1S/C18H32N2O3/c1-3-22-16(23-4-2)11-19-17(21)20-12-18-8-13-5-14(9-18)7-15(6-13)10-18/h13-16H,3-12H2,1-2H3,(H2,19,20,21). The van der Waals surface area contributed by atoms with Gasteiger partial charge in [-0.25, -0.2) is 4.79 Å². The lowest BCUT2D eigenvalue weighted by atomic mass is 9.49. The minimum Gasteiger partial charge on any atom is -0.351 e. The Morgan fingerprint density at radius 1 is 1.00 bits per heavy atom. The van der Waals surface area contributed by atoms with Crippen molar-refractivity contribution < 1.29 is 14.3 Å². The van der Waals surface area contributed by atoms with Crippen molar-refractivity contribution in [3.63, 3.8) is 0 Å². The maximum Gasteiger partial charge on any atom is 0.314 e. The Hall–Kier alpha value is -0.810. The molecule has 0 radical (unpaired) electrons. The average molecular weight is 324 g/mol. The fraction of sp³-hybridized carbons (Fsp3) is 0.944. The minimum absolute atomic E-state index is 0.0925. The second kappa shape index (κ2) is 7.39. The van der Waals surface area contributed by atoms with Gasteiger partial charge in [-0.3, -0.25) is 0 Å². The summed E-state index contributed by atoms with van der Waals surface area (Å²) in [4.78, 5) is 12.1. The highest BCUT2D eigenvalue weighted by Gasteiger charge is 2.50. The Balaban J connectivity index is 1.42. The average Bonchev–Trinajstić information content (AvgIpc) is 2.50. The van der Waals surface area contributed by atoms with E-state index in [1.165, 1.54) is 38.5 Å². The van der Waals surface area contributed by atoms with Crippen LogP contribution in [0.15, 0.2) is 0 Å². The Kier molecular flexibility index (Phi) is 5.47. The molecule has 5 heteroatoms. The third-order valence-corrected chi connectivity index (χ3v) is 5.92. The highest BCUT2D eigenvalue weighted by molar-refractivity contribution is 5.73. The zero-order valence-electron chi connectivity index (χ0n) is 14.6. The van der Waals surface area contributed by atoms with Gasteiger partial charge in [0.15, 0.2) is 6.29 Å². The fourth-order valence-corrected chi connectivity index (χ4v) is 5.55. The smallest absolute Gasteiger partial charge is 0.314 e. The van der Waals surface area contributed by atoms with Crippen LogP contribution in [0, 0.1) is 23.2 Å². The van der Waals surface area contributed by atoms with E-state index in [0.29, 0.717) is 25.2 Å².